The lowest BCUT2D eigenvalue weighted by Gasteiger charge is -2.06. The molecule has 0 N–H and O–H groups in total. The van der Waals surface area contributed by atoms with E-state index in [2.05, 4.69) is 0 Å². The van der Waals surface area contributed by atoms with Crippen molar-refractivity contribution in [1.29, 1.82) is 0 Å². The Morgan fingerprint density at radius 3 is 2.63 bits per heavy atom. The van der Waals surface area contributed by atoms with E-state index in [4.69, 9.17) is 9.15 Å². The van der Waals surface area contributed by atoms with Crippen LogP contribution in [0.15, 0.2) is 22.6 Å². The zero-order valence-electron chi connectivity index (χ0n) is 10.3. The first kappa shape index (κ1) is 13.5. The first-order valence-electron chi connectivity index (χ1n) is 5.62. The highest BCUT2D eigenvalue weighted by Gasteiger charge is 2.32. The number of esters is 1. The van der Waals surface area contributed by atoms with Gasteiger partial charge in [-0.25, -0.2) is 4.79 Å². The van der Waals surface area contributed by atoms with Gasteiger partial charge in [0.25, 0.3) is 0 Å². The molecule has 0 amide bonds. The van der Waals surface area contributed by atoms with Gasteiger partial charge in [0, 0.05) is 5.39 Å². The fourth-order valence-electron chi connectivity index (χ4n) is 1.85. The van der Waals surface area contributed by atoms with Crippen molar-refractivity contribution >= 4 is 16.9 Å². The van der Waals surface area contributed by atoms with Crippen LogP contribution in [0.25, 0.3) is 11.0 Å². The van der Waals surface area contributed by atoms with Gasteiger partial charge in [0.1, 0.15) is 16.9 Å². The van der Waals surface area contributed by atoms with Crippen molar-refractivity contribution in [2.45, 2.75) is 20.0 Å². The molecule has 1 heterocycles. The van der Waals surface area contributed by atoms with Crippen LogP contribution in [0.3, 0.4) is 0 Å². The molecule has 1 aromatic carbocycles. The third-order valence-corrected chi connectivity index (χ3v) is 2.67. The second kappa shape index (κ2) is 4.60. The summed E-state index contributed by atoms with van der Waals surface area (Å²) in [6.07, 6.45) is -4.47. The van der Waals surface area contributed by atoms with Crippen molar-refractivity contribution in [2.24, 2.45) is 0 Å². The third-order valence-electron chi connectivity index (χ3n) is 2.67. The van der Waals surface area contributed by atoms with Crippen LogP contribution in [-0.4, -0.2) is 12.6 Å². The zero-order chi connectivity index (χ0) is 14.2. The maximum Gasteiger partial charge on any atom is 0.416 e. The molecule has 3 nitrogen and oxygen atoms in total. The van der Waals surface area contributed by atoms with Gasteiger partial charge in [-0.3, -0.25) is 0 Å². The molecule has 2 rings (SSSR count). The molecule has 1 aromatic heterocycles. The van der Waals surface area contributed by atoms with E-state index in [1.54, 1.807) is 6.92 Å². The number of hydrogen-bond acceptors (Lipinski definition) is 3. The van der Waals surface area contributed by atoms with Crippen LogP contribution in [-0.2, 0) is 10.9 Å². The van der Waals surface area contributed by atoms with Crippen LogP contribution in [0.5, 0.6) is 0 Å². The number of alkyl halides is 3. The predicted molar refractivity (Wildman–Crippen MR) is 61.9 cm³/mol. The summed E-state index contributed by atoms with van der Waals surface area (Å²) in [5, 5.41) is 0.116. The van der Waals surface area contributed by atoms with Gasteiger partial charge in [0.2, 0.25) is 0 Å². The Kier molecular flexibility index (Phi) is 3.26. The van der Waals surface area contributed by atoms with Gasteiger partial charge in [-0.05, 0) is 32.0 Å². The molecular formula is C13H11F3O3. The third kappa shape index (κ3) is 2.43. The number of carbonyl (C=O) groups excluding carboxylic acids is 1. The highest BCUT2D eigenvalue weighted by molar-refractivity contribution is 6.04. The average Bonchev–Trinajstić information content (AvgIpc) is 2.62. The van der Waals surface area contributed by atoms with Crippen LogP contribution in [0, 0.1) is 6.92 Å². The van der Waals surface area contributed by atoms with Gasteiger partial charge in [-0.2, -0.15) is 13.2 Å². The summed E-state index contributed by atoms with van der Waals surface area (Å²) in [7, 11) is 0. The standard InChI is InChI=1S/C13H11F3O3/c1-3-18-12(17)11-7(2)19-10-5-4-8(6-9(10)11)13(14,15)16/h4-6H,3H2,1-2H3. The molecule has 0 radical (unpaired) electrons. The Morgan fingerprint density at radius 2 is 2.05 bits per heavy atom. The Balaban J connectivity index is 2.63. The number of benzene rings is 1. The van der Waals surface area contributed by atoms with Gasteiger partial charge in [0.05, 0.1) is 12.2 Å². The maximum atomic E-state index is 12.7. The molecule has 0 bridgehead atoms. The molecule has 0 unspecified atom stereocenters. The summed E-state index contributed by atoms with van der Waals surface area (Å²) >= 11 is 0. The summed E-state index contributed by atoms with van der Waals surface area (Å²) in [4.78, 5) is 11.7. The van der Waals surface area contributed by atoms with E-state index in [0.717, 1.165) is 12.1 Å². The van der Waals surface area contributed by atoms with Crippen molar-refractivity contribution < 1.29 is 27.1 Å². The largest absolute Gasteiger partial charge is 0.462 e. The van der Waals surface area contributed by atoms with E-state index in [1.807, 2.05) is 0 Å². The summed E-state index contributed by atoms with van der Waals surface area (Å²) in [6.45, 7) is 3.28. The molecule has 6 heteroatoms. The van der Waals surface area contributed by atoms with Gasteiger partial charge in [-0.15, -0.1) is 0 Å². The minimum atomic E-state index is -4.47. The minimum Gasteiger partial charge on any atom is -0.462 e. The van der Waals surface area contributed by atoms with Crippen molar-refractivity contribution in [1.82, 2.24) is 0 Å². The van der Waals surface area contributed by atoms with Crippen molar-refractivity contribution in [3.05, 3.63) is 35.1 Å². The molecule has 0 aliphatic rings. The normalized spacial score (nSPS) is 11.8. The molecule has 19 heavy (non-hydrogen) atoms. The number of aryl methyl sites for hydroxylation is 1. The Morgan fingerprint density at radius 1 is 1.37 bits per heavy atom. The molecular weight excluding hydrogens is 261 g/mol. The Hall–Kier alpha value is -1.98. The number of halogens is 3. The van der Waals surface area contributed by atoms with Crippen molar-refractivity contribution in [3.8, 4) is 0 Å². The summed E-state index contributed by atoms with van der Waals surface area (Å²) in [6, 6.07) is 3.02. The summed E-state index contributed by atoms with van der Waals surface area (Å²) in [5.74, 6) is -0.439. The molecule has 0 atom stereocenters. The molecule has 0 fully saturated rings. The molecule has 0 spiro atoms. The highest BCUT2D eigenvalue weighted by Crippen LogP contribution is 2.34. The summed E-state index contributed by atoms with van der Waals surface area (Å²) in [5.41, 5.74) is -0.553. The van der Waals surface area contributed by atoms with Crippen LogP contribution in [0.4, 0.5) is 13.2 Å². The number of ether oxygens (including phenoxy) is 1. The fraction of sp³-hybridized carbons (Fsp3) is 0.308. The van der Waals surface area contributed by atoms with E-state index in [-0.39, 0.29) is 28.9 Å². The molecule has 0 saturated heterocycles. The number of hydrogen-bond donors (Lipinski definition) is 0. The second-order valence-electron chi connectivity index (χ2n) is 3.96. The topological polar surface area (TPSA) is 39.4 Å². The fourth-order valence-corrected chi connectivity index (χ4v) is 1.85. The van der Waals surface area contributed by atoms with E-state index >= 15 is 0 Å². The Labute approximate surface area is 107 Å². The lowest BCUT2D eigenvalue weighted by Crippen LogP contribution is -2.07. The van der Waals surface area contributed by atoms with Gasteiger partial charge >= 0.3 is 12.1 Å². The van der Waals surface area contributed by atoms with E-state index < -0.39 is 17.7 Å². The molecule has 0 aliphatic heterocycles. The van der Waals surface area contributed by atoms with E-state index in [1.165, 1.54) is 13.0 Å². The van der Waals surface area contributed by atoms with Crippen LogP contribution >= 0.6 is 0 Å². The monoisotopic (exact) mass is 272 g/mol. The molecule has 0 aliphatic carbocycles. The lowest BCUT2D eigenvalue weighted by atomic mass is 10.1. The van der Waals surface area contributed by atoms with E-state index in [9.17, 15) is 18.0 Å². The van der Waals surface area contributed by atoms with Gasteiger partial charge in [0.15, 0.2) is 0 Å². The lowest BCUT2D eigenvalue weighted by molar-refractivity contribution is -0.137. The summed E-state index contributed by atoms with van der Waals surface area (Å²) < 4.78 is 48.1. The smallest absolute Gasteiger partial charge is 0.416 e. The highest BCUT2D eigenvalue weighted by atomic mass is 19.4. The van der Waals surface area contributed by atoms with Crippen molar-refractivity contribution in [3.63, 3.8) is 0 Å². The number of carbonyl (C=O) groups is 1. The minimum absolute atomic E-state index is 0.0444. The average molecular weight is 272 g/mol. The number of fused-ring (bicyclic) bond motifs is 1. The molecule has 102 valence electrons. The van der Waals surface area contributed by atoms with Crippen molar-refractivity contribution in [2.75, 3.05) is 6.61 Å². The number of furan rings is 1. The first-order valence-corrected chi connectivity index (χ1v) is 5.62. The molecule has 0 saturated carbocycles. The SMILES string of the molecule is CCOC(=O)c1c(C)oc2ccc(C(F)(F)F)cc12. The number of rotatable bonds is 2. The quantitative estimate of drug-likeness (QED) is 0.777. The van der Waals surface area contributed by atoms with Crippen LogP contribution in [0.2, 0.25) is 0 Å². The van der Waals surface area contributed by atoms with Crippen LogP contribution < -0.4 is 0 Å². The Bertz CT molecular complexity index is 626. The van der Waals surface area contributed by atoms with Gasteiger partial charge in [-0.1, -0.05) is 0 Å². The maximum absolute atomic E-state index is 12.7. The first-order chi connectivity index (χ1) is 8.84. The zero-order valence-corrected chi connectivity index (χ0v) is 10.3. The van der Waals surface area contributed by atoms with E-state index in [0.29, 0.717) is 0 Å². The molecule has 2 aromatic rings. The predicted octanol–water partition coefficient (Wildman–Crippen LogP) is 3.94. The second-order valence-corrected chi connectivity index (χ2v) is 3.96. The van der Waals surface area contributed by atoms with Gasteiger partial charge < -0.3 is 9.15 Å². The van der Waals surface area contributed by atoms with Crippen LogP contribution in [0.1, 0.15) is 28.6 Å².